The van der Waals surface area contributed by atoms with E-state index in [9.17, 15) is 8.42 Å². The molecule has 1 saturated heterocycles. The first kappa shape index (κ1) is 14.2. The second-order valence-electron chi connectivity index (χ2n) is 4.90. The topological polar surface area (TPSA) is 88.3 Å². The molecular weight excluding hydrogens is 264 g/mol. The number of anilines is 1. The molecule has 0 amide bonds. The molecule has 1 aliphatic rings. The van der Waals surface area contributed by atoms with Gasteiger partial charge in [-0.15, -0.1) is 0 Å². The van der Waals surface area contributed by atoms with Gasteiger partial charge in [0.05, 0.1) is 0 Å². The van der Waals surface area contributed by atoms with Crippen molar-refractivity contribution in [1.82, 2.24) is 14.6 Å². The summed E-state index contributed by atoms with van der Waals surface area (Å²) >= 11 is 0. The van der Waals surface area contributed by atoms with Crippen LogP contribution in [0.25, 0.3) is 0 Å². The van der Waals surface area contributed by atoms with Crippen LogP contribution in [0.3, 0.4) is 0 Å². The van der Waals surface area contributed by atoms with E-state index in [-0.39, 0.29) is 10.9 Å². The number of likely N-dealkylation sites (N-methyl/N-ethyl adjacent to an activating group) is 1. The summed E-state index contributed by atoms with van der Waals surface area (Å²) in [4.78, 5) is 6.16. The van der Waals surface area contributed by atoms with Crippen LogP contribution in [0.4, 0.5) is 5.82 Å². The molecule has 3 N–H and O–H groups in total. The zero-order valence-electron chi connectivity index (χ0n) is 11.0. The number of sulfonamides is 1. The summed E-state index contributed by atoms with van der Waals surface area (Å²) < 4.78 is 26.8. The molecule has 2 rings (SSSR count). The highest BCUT2D eigenvalue weighted by Crippen LogP contribution is 2.15. The van der Waals surface area contributed by atoms with Crippen LogP contribution in [0.1, 0.15) is 19.3 Å². The summed E-state index contributed by atoms with van der Waals surface area (Å²) in [6.45, 7) is 1.46. The molecule has 1 aromatic rings. The molecule has 0 bridgehead atoms. The van der Waals surface area contributed by atoms with Crippen molar-refractivity contribution >= 4 is 15.8 Å². The minimum atomic E-state index is -3.49. The van der Waals surface area contributed by atoms with Gasteiger partial charge in [0.15, 0.2) is 0 Å². The molecule has 1 aliphatic heterocycles. The number of hydrogen-bond donors (Lipinski definition) is 2. The maximum Gasteiger partial charge on any atom is 0.242 e. The predicted octanol–water partition coefficient (Wildman–Crippen LogP) is 0.426. The Balaban J connectivity index is 1.99. The van der Waals surface area contributed by atoms with E-state index in [2.05, 4.69) is 14.6 Å². The van der Waals surface area contributed by atoms with E-state index in [0.717, 1.165) is 19.4 Å². The van der Waals surface area contributed by atoms with Crippen molar-refractivity contribution < 1.29 is 8.42 Å². The molecule has 106 valence electrons. The van der Waals surface area contributed by atoms with E-state index < -0.39 is 10.0 Å². The lowest BCUT2D eigenvalue weighted by atomic mass is 10.0. The lowest BCUT2D eigenvalue weighted by Gasteiger charge is -2.32. The van der Waals surface area contributed by atoms with Gasteiger partial charge < -0.3 is 10.6 Å². The third kappa shape index (κ3) is 3.65. The quantitative estimate of drug-likeness (QED) is 0.837. The van der Waals surface area contributed by atoms with Gasteiger partial charge in [-0.3, -0.25) is 0 Å². The number of nitrogens with two attached hydrogens (primary N) is 1. The number of nitrogen functional groups attached to an aromatic ring is 1. The number of pyridine rings is 1. The maximum absolute atomic E-state index is 12.1. The van der Waals surface area contributed by atoms with Crippen LogP contribution >= 0.6 is 0 Å². The van der Waals surface area contributed by atoms with Crippen molar-refractivity contribution in [2.24, 2.45) is 0 Å². The summed E-state index contributed by atoms with van der Waals surface area (Å²) in [6.07, 6.45) is 4.64. The highest BCUT2D eigenvalue weighted by atomic mass is 32.2. The van der Waals surface area contributed by atoms with Gasteiger partial charge in [0, 0.05) is 18.8 Å². The summed E-state index contributed by atoms with van der Waals surface area (Å²) in [5.41, 5.74) is 5.45. The minimum Gasteiger partial charge on any atom is -0.384 e. The molecule has 1 unspecified atom stereocenters. The standard InChI is InChI=1S/C12H20N4O2S/c1-16-7-3-2-4-10(16)8-15-19(17,18)11-5-6-12(13)14-9-11/h5-6,9-10,15H,2-4,7-8H2,1H3,(H2,13,14). The van der Waals surface area contributed by atoms with Crippen LogP contribution in [-0.2, 0) is 10.0 Å². The fourth-order valence-corrected chi connectivity index (χ4v) is 3.26. The Bertz CT molecular complexity index is 515. The van der Waals surface area contributed by atoms with Crippen LogP contribution < -0.4 is 10.5 Å². The van der Waals surface area contributed by atoms with Crippen molar-refractivity contribution in [3.05, 3.63) is 18.3 Å². The van der Waals surface area contributed by atoms with E-state index in [1.165, 1.54) is 24.8 Å². The molecule has 19 heavy (non-hydrogen) atoms. The first-order valence-electron chi connectivity index (χ1n) is 6.40. The summed E-state index contributed by atoms with van der Waals surface area (Å²) in [7, 11) is -1.46. The van der Waals surface area contributed by atoms with Crippen LogP contribution in [0.5, 0.6) is 0 Å². The van der Waals surface area contributed by atoms with E-state index in [0.29, 0.717) is 12.4 Å². The normalized spacial score (nSPS) is 21.4. The van der Waals surface area contributed by atoms with Crippen LogP contribution in [0.2, 0.25) is 0 Å². The van der Waals surface area contributed by atoms with Gasteiger partial charge in [0.2, 0.25) is 10.0 Å². The number of hydrogen-bond acceptors (Lipinski definition) is 5. The zero-order valence-corrected chi connectivity index (χ0v) is 11.9. The number of piperidine rings is 1. The Morgan fingerprint density at radius 1 is 1.47 bits per heavy atom. The SMILES string of the molecule is CN1CCCCC1CNS(=O)(=O)c1ccc(N)nc1. The molecule has 1 fully saturated rings. The fourth-order valence-electron chi connectivity index (χ4n) is 2.24. The highest BCUT2D eigenvalue weighted by molar-refractivity contribution is 7.89. The largest absolute Gasteiger partial charge is 0.384 e. The van der Waals surface area contributed by atoms with E-state index in [4.69, 9.17) is 5.73 Å². The second-order valence-corrected chi connectivity index (χ2v) is 6.67. The number of nitrogens with zero attached hydrogens (tertiary/aromatic N) is 2. The minimum absolute atomic E-state index is 0.153. The van der Waals surface area contributed by atoms with Crippen molar-refractivity contribution in [3.8, 4) is 0 Å². The monoisotopic (exact) mass is 284 g/mol. The molecular formula is C12H20N4O2S. The molecule has 0 radical (unpaired) electrons. The maximum atomic E-state index is 12.1. The Labute approximate surface area is 114 Å². The first-order valence-corrected chi connectivity index (χ1v) is 7.89. The van der Waals surface area contributed by atoms with Crippen LogP contribution in [-0.4, -0.2) is 44.5 Å². The number of nitrogens with one attached hydrogen (secondary N) is 1. The fraction of sp³-hybridized carbons (Fsp3) is 0.583. The van der Waals surface area contributed by atoms with Crippen molar-refractivity contribution in [1.29, 1.82) is 0 Å². The van der Waals surface area contributed by atoms with Gasteiger partial charge in [0.25, 0.3) is 0 Å². The van der Waals surface area contributed by atoms with E-state index in [1.54, 1.807) is 0 Å². The molecule has 0 saturated carbocycles. The summed E-state index contributed by atoms with van der Waals surface area (Å²) in [6, 6.07) is 3.22. The van der Waals surface area contributed by atoms with Gasteiger partial charge in [-0.05, 0) is 38.6 Å². The van der Waals surface area contributed by atoms with Gasteiger partial charge in [0.1, 0.15) is 10.7 Å². The van der Waals surface area contributed by atoms with Crippen LogP contribution in [0.15, 0.2) is 23.2 Å². The van der Waals surface area contributed by atoms with Crippen molar-refractivity contribution in [2.45, 2.75) is 30.2 Å². The molecule has 0 aromatic carbocycles. The highest BCUT2D eigenvalue weighted by Gasteiger charge is 2.22. The van der Waals surface area contributed by atoms with Crippen molar-refractivity contribution in [2.75, 3.05) is 25.9 Å². The van der Waals surface area contributed by atoms with Gasteiger partial charge >= 0.3 is 0 Å². The average Bonchev–Trinajstić information content (AvgIpc) is 2.38. The number of likely N-dealkylation sites (tertiary alicyclic amines) is 1. The summed E-state index contributed by atoms with van der Waals surface area (Å²) in [5, 5.41) is 0. The van der Waals surface area contributed by atoms with Crippen molar-refractivity contribution in [3.63, 3.8) is 0 Å². The number of rotatable bonds is 4. The third-order valence-corrected chi connectivity index (χ3v) is 4.91. The van der Waals surface area contributed by atoms with E-state index in [1.807, 2.05) is 7.05 Å². The Morgan fingerprint density at radius 2 is 2.26 bits per heavy atom. The van der Waals surface area contributed by atoms with Gasteiger partial charge in [-0.2, -0.15) is 0 Å². The number of aromatic nitrogens is 1. The molecule has 0 aliphatic carbocycles. The zero-order chi connectivity index (χ0) is 13.9. The lowest BCUT2D eigenvalue weighted by molar-refractivity contribution is 0.187. The Morgan fingerprint density at radius 3 is 2.89 bits per heavy atom. The Hall–Kier alpha value is -1.18. The predicted molar refractivity (Wildman–Crippen MR) is 74.1 cm³/mol. The third-order valence-electron chi connectivity index (χ3n) is 3.50. The smallest absolute Gasteiger partial charge is 0.242 e. The van der Waals surface area contributed by atoms with E-state index >= 15 is 0 Å². The molecule has 6 nitrogen and oxygen atoms in total. The Kier molecular flexibility index (Phi) is 4.38. The average molecular weight is 284 g/mol. The first-order chi connectivity index (χ1) is 8.99. The molecule has 7 heteroatoms. The molecule has 1 atom stereocenters. The molecule has 2 heterocycles. The van der Waals surface area contributed by atoms with Gasteiger partial charge in [-0.1, -0.05) is 6.42 Å². The summed E-state index contributed by atoms with van der Waals surface area (Å²) in [5.74, 6) is 0.311. The lowest BCUT2D eigenvalue weighted by Crippen LogP contribution is -2.44. The van der Waals surface area contributed by atoms with Crippen LogP contribution in [0, 0.1) is 0 Å². The molecule has 0 spiro atoms. The second kappa shape index (κ2) is 5.85. The van der Waals surface area contributed by atoms with Gasteiger partial charge in [-0.25, -0.2) is 18.1 Å². The molecule has 1 aromatic heterocycles.